The number of hydrogen-bond acceptors (Lipinski definition) is 5. The summed E-state index contributed by atoms with van der Waals surface area (Å²) in [6.07, 6.45) is 1.20. The van der Waals surface area contributed by atoms with Gasteiger partial charge >= 0.3 is 40.9 Å². The van der Waals surface area contributed by atoms with Crippen LogP contribution in [0.4, 0.5) is 39.7 Å². The summed E-state index contributed by atoms with van der Waals surface area (Å²) in [6.45, 7) is 7.62. The molecule has 32 heavy (non-hydrogen) atoms. The summed E-state index contributed by atoms with van der Waals surface area (Å²) < 4.78 is 149. The molecule has 0 atom stereocenters. The number of nitrogens with zero attached hydrogens (tertiary/aromatic N) is 3. The minimum absolute atomic E-state index is 1.12. The van der Waals surface area contributed by atoms with E-state index in [0.717, 1.165) is 6.54 Å². The van der Waals surface area contributed by atoms with Crippen molar-refractivity contribution in [2.24, 2.45) is 7.05 Å². The Bertz CT molecular complexity index is 1000. The Labute approximate surface area is 175 Å². The first-order chi connectivity index (χ1) is 14.0. The van der Waals surface area contributed by atoms with Crippen molar-refractivity contribution in [2.45, 2.75) is 49.1 Å². The lowest BCUT2D eigenvalue weighted by Crippen LogP contribution is -2.60. The Hall–Kier alpha value is -2.05. The quantitative estimate of drug-likeness (QED) is 0.331. The van der Waals surface area contributed by atoms with Gasteiger partial charge in [-0.15, -0.1) is 4.68 Å². The van der Waals surface area contributed by atoms with Gasteiger partial charge in [-0.1, -0.05) is 15.9 Å². The monoisotopic (exact) mass is 530 g/mol. The first kappa shape index (κ1) is 29.9. The van der Waals surface area contributed by atoms with E-state index < -0.39 is 46.3 Å². The smallest absolute Gasteiger partial charge is 0.263 e. The Morgan fingerprint density at radius 1 is 0.969 bits per heavy atom. The van der Waals surface area contributed by atoms with Crippen molar-refractivity contribution < 1.29 is 66.0 Å². The highest BCUT2D eigenvalue weighted by atomic mass is 32.3. The highest BCUT2D eigenvalue weighted by molar-refractivity contribution is 8.12. The van der Waals surface area contributed by atoms with Crippen molar-refractivity contribution in [1.29, 1.82) is 0 Å². The number of carbonyl (C=O) groups is 1. The molecule has 188 valence electrons. The van der Waals surface area contributed by atoms with Gasteiger partial charge in [-0.25, -0.2) is 16.8 Å². The fourth-order valence-electron chi connectivity index (χ4n) is 2.21. The molecule has 0 aliphatic heterocycles. The Morgan fingerprint density at radius 3 is 1.56 bits per heavy atom. The predicted molar refractivity (Wildman–Crippen MR) is 88.2 cm³/mol. The number of aromatic nitrogens is 2. The summed E-state index contributed by atoms with van der Waals surface area (Å²) in [5.41, 5.74) is -11.5. The maximum atomic E-state index is 13.5. The van der Waals surface area contributed by atoms with E-state index in [2.05, 4.69) is 43.2 Å². The number of halogens is 9. The van der Waals surface area contributed by atoms with Gasteiger partial charge < -0.3 is 0 Å². The van der Waals surface area contributed by atoms with Gasteiger partial charge in [0.15, 0.2) is 6.54 Å². The van der Waals surface area contributed by atoms with Crippen molar-refractivity contribution in [2.75, 3.05) is 0 Å². The normalized spacial score (nSPS) is 13.4. The summed E-state index contributed by atoms with van der Waals surface area (Å²) in [7, 11) is -14.2. The molecule has 0 saturated heterocycles. The topological polar surface area (TPSA) is 97.4 Å². The van der Waals surface area contributed by atoms with Crippen molar-refractivity contribution in [3.63, 3.8) is 0 Å². The van der Waals surface area contributed by atoms with Gasteiger partial charge in [-0.3, -0.25) is 4.79 Å². The van der Waals surface area contributed by atoms with Gasteiger partial charge in [0.05, 0.1) is 12.7 Å². The van der Waals surface area contributed by atoms with Crippen LogP contribution in [0.25, 0.3) is 0 Å². The van der Waals surface area contributed by atoms with E-state index in [-0.39, 0.29) is 0 Å². The van der Waals surface area contributed by atoms with E-state index in [4.69, 9.17) is 0 Å². The molecule has 0 aromatic carbocycles. The van der Waals surface area contributed by atoms with E-state index in [1.165, 1.54) is 17.8 Å². The molecule has 0 radical (unpaired) electrons. The van der Waals surface area contributed by atoms with Gasteiger partial charge in [-0.2, -0.15) is 35.4 Å². The molecule has 1 aromatic heterocycles. The van der Waals surface area contributed by atoms with Gasteiger partial charge in [-0.05, 0) is 6.92 Å². The van der Waals surface area contributed by atoms with E-state index >= 15 is 0 Å². The SMILES string of the molecule is CCC[n+]1c(C)cc(C)n1C.O=C(N(F)F)C(F)(S(=O)(=O)C(F)(F)F)S(=O)(=O)C(F)(F)F. The zero-order valence-corrected chi connectivity index (χ0v) is 18.2. The summed E-state index contributed by atoms with van der Waals surface area (Å²) in [6, 6.07) is 2.22. The number of sulfone groups is 2. The number of amides is 1. The molecular formula is C13H17F9N3O5S2+. The fourth-order valence-corrected chi connectivity index (χ4v) is 5.12. The summed E-state index contributed by atoms with van der Waals surface area (Å²) >= 11 is 0. The molecule has 1 aromatic rings. The average Bonchev–Trinajstić information content (AvgIpc) is 2.85. The zero-order valence-electron chi connectivity index (χ0n) is 16.6. The molecule has 0 spiro atoms. The molecule has 19 heteroatoms. The van der Waals surface area contributed by atoms with E-state index in [0.29, 0.717) is 0 Å². The summed E-state index contributed by atoms with van der Waals surface area (Å²) in [4.78, 5) is 10.4. The molecule has 0 N–H and O–H groups in total. The molecule has 0 fully saturated rings. The second-order valence-electron chi connectivity index (χ2n) is 6.05. The minimum Gasteiger partial charge on any atom is -0.263 e. The van der Waals surface area contributed by atoms with Crippen LogP contribution in [0.5, 0.6) is 0 Å². The van der Waals surface area contributed by atoms with E-state index in [1.54, 1.807) is 0 Å². The number of aryl methyl sites for hydroxylation is 2. The summed E-state index contributed by atoms with van der Waals surface area (Å²) in [5.74, 6) is -4.39. The third-order valence-corrected chi connectivity index (χ3v) is 8.11. The predicted octanol–water partition coefficient (Wildman–Crippen LogP) is 2.42. The maximum Gasteiger partial charge on any atom is 0.502 e. The second-order valence-corrected chi connectivity index (χ2v) is 10.4. The molecule has 0 aliphatic rings. The molecule has 1 rings (SSSR count). The van der Waals surface area contributed by atoms with Crippen molar-refractivity contribution in [3.05, 3.63) is 17.5 Å². The second kappa shape index (κ2) is 9.44. The third-order valence-electron chi connectivity index (χ3n) is 3.84. The zero-order chi connectivity index (χ0) is 26.1. The van der Waals surface area contributed by atoms with Crippen molar-refractivity contribution in [1.82, 2.24) is 10.0 Å². The number of rotatable bonds is 5. The molecule has 8 nitrogen and oxygen atoms in total. The molecule has 0 bridgehead atoms. The van der Waals surface area contributed by atoms with Gasteiger partial charge in [0.25, 0.3) is 0 Å². The molecule has 0 saturated carbocycles. The van der Waals surface area contributed by atoms with Crippen LogP contribution < -0.4 is 4.68 Å². The number of hydrogen-bond donors (Lipinski definition) is 0. The Kier molecular flexibility index (Phi) is 8.83. The molecule has 1 amide bonds. The van der Waals surface area contributed by atoms with Gasteiger partial charge in [0.2, 0.25) is 5.69 Å². The Morgan fingerprint density at radius 2 is 1.34 bits per heavy atom. The Balaban J connectivity index is 0.000000726. The minimum atomic E-state index is -8.17. The fraction of sp³-hybridized carbons (Fsp3) is 0.692. The average molecular weight is 530 g/mol. The van der Waals surface area contributed by atoms with Gasteiger partial charge in [0.1, 0.15) is 0 Å². The van der Waals surface area contributed by atoms with Crippen molar-refractivity contribution >= 4 is 25.6 Å². The van der Waals surface area contributed by atoms with E-state index in [9.17, 15) is 61.3 Å². The first-order valence-corrected chi connectivity index (χ1v) is 11.0. The highest BCUT2D eigenvalue weighted by Gasteiger charge is 2.79. The molecular weight excluding hydrogens is 513 g/mol. The first-order valence-electron chi connectivity index (χ1n) is 8.02. The van der Waals surface area contributed by atoms with Crippen LogP contribution in [0.2, 0.25) is 0 Å². The largest absolute Gasteiger partial charge is 0.502 e. The van der Waals surface area contributed by atoms with Gasteiger partial charge in [0, 0.05) is 24.8 Å². The van der Waals surface area contributed by atoms with Crippen LogP contribution in [0.15, 0.2) is 6.07 Å². The van der Waals surface area contributed by atoms with Crippen LogP contribution in [0, 0.1) is 13.8 Å². The van der Waals surface area contributed by atoms with Crippen LogP contribution in [-0.4, -0.2) is 48.1 Å². The standard InChI is InChI=1S/C9H17N2.C4F9NO5S2/c1-5-6-11-9(3)7-8(2)10(11)4;5-2(1(15)14(12)13,20(16,17)3(6,7)8)21(18,19)4(9,10)11/h7H,5-6H2,1-4H3;/q+1;. The van der Waals surface area contributed by atoms with Crippen LogP contribution in [-0.2, 0) is 38.1 Å². The lowest BCUT2D eigenvalue weighted by molar-refractivity contribution is -0.778. The van der Waals surface area contributed by atoms with Crippen molar-refractivity contribution in [3.8, 4) is 0 Å². The molecule has 0 aliphatic carbocycles. The molecule has 0 unspecified atom stereocenters. The number of carbonyl (C=O) groups excluding carboxylic acids is 1. The third kappa shape index (κ3) is 5.12. The maximum absolute atomic E-state index is 13.5. The highest BCUT2D eigenvalue weighted by Crippen LogP contribution is 2.45. The lowest BCUT2D eigenvalue weighted by Gasteiger charge is -2.24. The van der Waals surface area contributed by atoms with Crippen LogP contribution >= 0.6 is 0 Å². The summed E-state index contributed by atoms with van der Waals surface area (Å²) in [5, 5.41) is -3.37. The lowest BCUT2D eigenvalue weighted by atomic mass is 10.4. The number of alkyl halides is 7. The van der Waals surface area contributed by atoms with Crippen LogP contribution in [0.3, 0.4) is 0 Å². The van der Waals surface area contributed by atoms with Crippen LogP contribution in [0.1, 0.15) is 24.7 Å². The molecule has 1 heterocycles. The van der Waals surface area contributed by atoms with E-state index in [1.807, 2.05) is 0 Å².